The van der Waals surface area contributed by atoms with Crippen molar-refractivity contribution in [3.8, 4) is 33.9 Å². The molecule has 0 aliphatic rings. The van der Waals surface area contributed by atoms with Gasteiger partial charge in [-0.05, 0) is 103 Å². The van der Waals surface area contributed by atoms with Crippen LogP contribution in [0.2, 0.25) is 0 Å². The Morgan fingerprint density at radius 2 is 0.468 bits per heavy atom. The van der Waals surface area contributed by atoms with Gasteiger partial charge in [-0.1, -0.05) is 164 Å². The third-order valence-electron chi connectivity index (χ3n) is 11.3. The number of aromatic nitrogens is 2. The normalized spacial score (nSPS) is 12.1. The van der Waals surface area contributed by atoms with Crippen molar-refractivity contribution in [3.05, 3.63) is 267 Å². The van der Waals surface area contributed by atoms with Crippen LogP contribution in [-0.4, -0.2) is 9.97 Å². The predicted molar refractivity (Wildman–Crippen MR) is 258 cm³/mol. The lowest BCUT2D eigenvalue weighted by Gasteiger charge is -2.42. The zero-order valence-electron chi connectivity index (χ0n) is 34.1. The van der Waals surface area contributed by atoms with Gasteiger partial charge in [-0.2, -0.15) is 0 Å². The number of rotatable bonds is 11. The van der Waals surface area contributed by atoms with E-state index < -0.39 is 20.1 Å². The lowest BCUT2D eigenvalue weighted by Crippen LogP contribution is -2.06. The Bertz CT molecular complexity index is 2660. The standard InChI is InChI=1S/C58H44N2S2/c1-8-24-45(25-9-1)56-44-57(46-26-22-40-54(42-46)61(48-28-10-2-11-29-48,49-30-12-3-13-31-49)50-32-14-4-15-33-50)60-58(59-56)47-27-23-41-55(43-47)62(51-34-16-5-17-35-51,52-36-18-6-19-37-52)53-38-20-7-21-39-53/h1-44H. The molecule has 1 aromatic heterocycles. The van der Waals surface area contributed by atoms with Crippen LogP contribution in [0.1, 0.15) is 0 Å². The van der Waals surface area contributed by atoms with E-state index in [1.807, 2.05) is 0 Å². The smallest absolute Gasteiger partial charge is 0.160 e. The quantitative estimate of drug-likeness (QED) is 0.130. The van der Waals surface area contributed by atoms with Crippen LogP contribution >= 0.6 is 20.1 Å². The summed E-state index contributed by atoms with van der Waals surface area (Å²) >= 11 is 0. The molecule has 0 saturated heterocycles. The van der Waals surface area contributed by atoms with Crippen LogP contribution in [-0.2, 0) is 0 Å². The molecule has 0 aliphatic heterocycles. The van der Waals surface area contributed by atoms with Crippen molar-refractivity contribution in [3.63, 3.8) is 0 Å². The molecule has 0 aliphatic carbocycles. The Morgan fingerprint density at radius 3 is 0.823 bits per heavy atom. The van der Waals surface area contributed by atoms with Gasteiger partial charge in [0.2, 0.25) is 0 Å². The van der Waals surface area contributed by atoms with E-state index >= 15 is 0 Å². The summed E-state index contributed by atoms with van der Waals surface area (Å²) in [7, 11) is -3.83. The molecule has 1 heterocycles. The van der Waals surface area contributed by atoms with Gasteiger partial charge in [0.15, 0.2) is 5.82 Å². The number of hydrogen-bond acceptors (Lipinski definition) is 2. The fraction of sp³-hybridized carbons (Fsp3) is 0. The molecule has 0 fully saturated rings. The maximum atomic E-state index is 5.49. The van der Waals surface area contributed by atoms with Gasteiger partial charge < -0.3 is 0 Å². The summed E-state index contributed by atoms with van der Waals surface area (Å²) in [6, 6.07) is 96.6. The fourth-order valence-electron chi connectivity index (χ4n) is 8.53. The lowest BCUT2D eigenvalue weighted by atomic mass is 10.1. The van der Waals surface area contributed by atoms with E-state index in [1.54, 1.807) is 0 Å². The molecule has 0 saturated carbocycles. The van der Waals surface area contributed by atoms with Crippen molar-refractivity contribution >= 4 is 20.1 Å². The molecule has 0 amide bonds. The van der Waals surface area contributed by atoms with Gasteiger partial charge in [-0.3, -0.25) is 0 Å². The first-order valence-corrected chi connectivity index (χ1v) is 24.1. The second kappa shape index (κ2) is 17.4. The largest absolute Gasteiger partial charge is 0.228 e. The molecule has 10 aromatic rings. The highest BCUT2D eigenvalue weighted by Gasteiger charge is 2.35. The topological polar surface area (TPSA) is 25.8 Å². The van der Waals surface area contributed by atoms with E-state index in [4.69, 9.17) is 9.97 Å². The van der Waals surface area contributed by atoms with Gasteiger partial charge in [0, 0.05) is 55.9 Å². The molecule has 0 N–H and O–H groups in total. The predicted octanol–water partition coefficient (Wildman–Crippen LogP) is 16.2. The maximum absolute atomic E-state index is 5.49. The van der Waals surface area contributed by atoms with Crippen molar-refractivity contribution in [1.29, 1.82) is 0 Å². The third kappa shape index (κ3) is 7.13. The highest BCUT2D eigenvalue weighted by atomic mass is 32.3. The van der Waals surface area contributed by atoms with E-state index in [0.29, 0.717) is 5.82 Å². The zero-order chi connectivity index (χ0) is 41.6. The van der Waals surface area contributed by atoms with Crippen molar-refractivity contribution in [2.24, 2.45) is 0 Å². The van der Waals surface area contributed by atoms with Crippen LogP contribution in [0, 0.1) is 0 Å². The molecule has 62 heavy (non-hydrogen) atoms. The minimum absolute atomic E-state index is 0.684. The number of nitrogens with zero attached hydrogens (tertiary/aromatic N) is 2. The monoisotopic (exact) mass is 832 g/mol. The van der Waals surface area contributed by atoms with Crippen LogP contribution in [0.5, 0.6) is 0 Å². The molecular formula is C58H44N2S2. The molecule has 10 rings (SSSR count). The van der Waals surface area contributed by atoms with Crippen molar-refractivity contribution in [2.75, 3.05) is 0 Å². The summed E-state index contributed by atoms with van der Waals surface area (Å²) in [5.74, 6) is 0.684. The average molecular weight is 833 g/mol. The lowest BCUT2D eigenvalue weighted by molar-refractivity contribution is 1.17. The van der Waals surface area contributed by atoms with Crippen LogP contribution < -0.4 is 0 Å². The first-order valence-electron chi connectivity index (χ1n) is 20.9. The van der Waals surface area contributed by atoms with Gasteiger partial charge in [0.1, 0.15) is 0 Å². The second-order valence-electron chi connectivity index (χ2n) is 15.0. The Hall–Kier alpha value is -7.24. The van der Waals surface area contributed by atoms with Gasteiger partial charge in [-0.25, -0.2) is 9.97 Å². The Kier molecular flexibility index (Phi) is 10.9. The number of benzene rings is 9. The van der Waals surface area contributed by atoms with E-state index in [9.17, 15) is 0 Å². The molecule has 0 spiro atoms. The highest BCUT2D eigenvalue weighted by molar-refractivity contribution is 8.34. The van der Waals surface area contributed by atoms with E-state index in [0.717, 1.165) is 28.1 Å². The molecule has 298 valence electrons. The highest BCUT2D eigenvalue weighted by Crippen LogP contribution is 2.74. The Labute approximate surface area is 368 Å². The minimum atomic E-state index is -1.92. The molecule has 0 bridgehead atoms. The first kappa shape index (κ1) is 38.9. The molecule has 0 radical (unpaired) electrons. The molecule has 4 heteroatoms. The molecule has 9 aromatic carbocycles. The van der Waals surface area contributed by atoms with Crippen molar-refractivity contribution < 1.29 is 0 Å². The van der Waals surface area contributed by atoms with Gasteiger partial charge >= 0.3 is 0 Å². The minimum Gasteiger partial charge on any atom is -0.228 e. The first-order chi connectivity index (χ1) is 30.7. The van der Waals surface area contributed by atoms with Crippen LogP contribution in [0.15, 0.2) is 306 Å². The van der Waals surface area contributed by atoms with Crippen molar-refractivity contribution in [2.45, 2.75) is 39.2 Å². The summed E-state index contributed by atoms with van der Waals surface area (Å²) in [5.41, 5.74) is 4.80. The van der Waals surface area contributed by atoms with Crippen molar-refractivity contribution in [1.82, 2.24) is 9.97 Å². The Morgan fingerprint density at radius 1 is 0.210 bits per heavy atom. The second-order valence-corrected chi connectivity index (χ2v) is 21.2. The molecule has 2 nitrogen and oxygen atoms in total. The number of hydrogen-bond donors (Lipinski definition) is 0. The molecule has 0 atom stereocenters. The summed E-state index contributed by atoms with van der Waals surface area (Å²) < 4.78 is 0. The maximum Gasteiger partial charge on any atom is 0.160 e. The molecule has 0 unspecified atom stereocenters. The van der Waals surface area contributed by atoms with Gasteiger partial charge in [-0.15, -0.1) is 20.1 Å². The molecular weight excluding hydrogens is 789 g/mol. The summed E-state index contributed by atoms with van der Waals surface area (Å²) in [4.78, 5) is 21.0. The Balaban J connectivity index is 1.20. The average Bonchev–Trinajstić information content (AvgIpc) is 3.37. The van der Waals surface area contributed by atoms with E-state index in [1.165, 1.54) is 39.2 Å². The fourth-order valence-corrected chi connectivity index (χ4v) is 16.4. The van der Waals surface area contributed by atoms with Crippen LogP contribution in [0.3, 0.4) is 0 Å². The summed E-state index contributed by atoms with van der Waals surface area (Å²) in [6.07, 6.45) is 0. The van der Waals surface area contributed by atoms with Gasteiger partial charge in [0.25, 0.3) is 0 Å². The summed E-state index contributed by atoms with van der Waals surface area (Å²) in [5, 5.41) is 0. The zero-order valence-corrected chi connectivity index (χ0v) is 35.7. The van der Waals surface area contributed by atoms with Crippen LogP contribution in [0.4, 0.5) is 0 Å². The van der Waals surface area contributed by atoms with E-state index in [-0.39, 0.29) is 0 Å². The third-order valence-corrected chi connectivity index (χ3v) is 19.1. The SMILES string of the molecule is c1ccc(-c2cc(-c3cccc(S(c4ccccc4)(c4ccccc4)c4ccccc4)c3)nc(-c3cccc(S(c4ccccc4)(c4ccccc4)c4ccccc4)c3)n2)cc1. The van der Waals surface area contributed by atoms with Crippen LogP contribution in [0.25, 0.3) is 33.9 Å². The summed E-state index contributed by atoms with van der Waals surface area (Å²) in [6.45, 7) is 0. The van der Waals surface area contributed by atoms with Gasteiger partial charge in [0.05, 0.1) is 11.4 Å². The van der Waals surface area contributed by atoms with E-state index in [2.05, 4.69) is 267 Å².